The van der Waals surface area contributed by atoms with E-state index in [-0.39, 0.29) is 5.82 Å². The number of piperidine rings is 1. The van der Waals surface area contributed by atoms with Crippen LogP contribution < -0.4 is 4.74 Å². The normalized spacial score (nSPS) is 16.7. The Morgan fingerprint density at radius 3 is 2.84 bits per heavy atom. The highest BCUT2D eigenvalue weighted by molar-refractivity contribution is 5.81. The van der Waals surface area contributed by atoms with E-state index in [1.54, 1.807) is 6.07 Å². The Kier molecular flexibility index (Phi) is 4.57. The summed E-state index contributed by atoms with van der Waals surface area (Å²) in [5, 5.41) is 0. The van der Waals surface area contributed by atoms with Crippen LogP contribution >= 0.6 is 0 Å². The summed E-state index contributed by atoms with van der Waals surface area (Å²) in [4.78, 5) is 7.10. The van der Waals surface area contributed by atoms with Crippen LogP contribution in [0.2, 0.25) is 0 Å². The summed E-state index contributed by atoms with van der Waals surface area (Å²) >= 11 is 0. The van der Waals surface area contributed by atoms with Crippen molar-refractivity contribution in [1.82, 2.24) is 14.3 Å². The zero-order chi connectivity index (χ0) is 17.2. The number of hydrogen-bond acceptors (Lipinski definition) is 3. The molecular weight excluding hydrogens is 317 g/mol. The highest BCUT2D eigenvalue weighted by atomic mass is 19.1. The quantitative estimate of drug-likeness (QED) is 0.699. The van der Waals surface area contributed by atoms with E-state index < -0.39 is 0 Å². The van der Waals surface area contributed by atoms with Gasteiger partial charge in [0.2, 0.25) is 5.88 Å². The Balaban J connectivity index is 1.52. The first-order valence-electron chi connectivity index (χ1n) is 9.16. The Hall–Kier alpha value is -2.14. The highest BCUT2D eigenvalue weighted by Gasteiger charge is 2.20. The van der Waals surface area contributed by atoms with Crippen molar-refractivity contribution in [3.63, 3.8) is 0 Å². The van der Waals surface area contributed by atoms with Gasteiger partial charge in [0.05, 0.1) is 17.6 Å². The second kappa shape index (κ2) is 7.00. The molecule has 1 aliphatic heterocycles. The molecule has 0 amide bonds. The summed E-state index contributed by atoms with van der Waals surface area (Å²) in [7, 11) is 0. The van der Waals surface area contributed by atoms with Crippen molar-refractivity contribution < 1.29 is 9.13 Å². The SMILES string of the molecule is CCCN1CCC(COc2nc3cc(F)ccc3n3cccc23)CC1. The van der Waals surface area contributed by atoms with Crippen molar-refractivity contribution in [2.75, 3.05) is 26.2 Å². The van der Waals surface area contributed by atoms with Gasteiger partial charge in [0.25, 0.3) is 0 Å². The molecule has 0 unspecified atom stereocenters. The van der Waals surface area contributed by atoms with E-state index >= 15 is 0 Å². The number of fused-ring (bicyclic) bond motifs is 3. The Bertz CT molecular complexity index is 868. The van der Waals surface area contributed by atoms with Crippen LogP contribution in [-0.2, 0) is 0 Å². The molecule has 1 aromatic carbocycles. The second-order valence-corrected chi connectivity index (χ2v) is 6.91. The van der Waals surface area contributed by atoms with Crippen LogP contribution in [0.3, 0.4) is 0 Å². The lowest BCUT2D eigenvalue weighted by atomic mass is 9.98. The van der Waals surface area contributed by atoms with E-state index in [0.717, 1.165) is 24.1 Å². The molecular formula is C20H24FN3O. The molecule has 4 nitrogen and oxygen atoms in total. The number of hydrogen-bond donors (Lipinski definition) is 0. The van der Waals surface area contributed by atoms with E-state index in [4.69, 9.17) is 4.74 Å². The molecule has 3 heterocycles. The summed E-state index contributed by atoms with van der Waals surface area (Å²) < 4.78 is 21.7. The molecule has 0 radical (unpaired) electrons. The number of rotatable bonds is 5. The Labute approximate surface area is 147 Å². The lowest BCUT2D eigenvalue weighted by Crippen LogP contribution is -2.35. The third kappa shape index (κ3) is 3.33. The number of aromatic nitrogens is 2. The van der Waals surface area contributed by atoms with Gasteiger partial charge >= 0.3 is 0 Å². The van der Waals surface area contributed by atoms with Crippen LogP contribution in [0.1, 0.15) is 26.2 Å². The molecule has 0 saturated carbocycles. The standard InChI is InChI=1S/C20H24FN3O/c1-2-9-23-11-7-15(8-12-23)14-25-20-19-4-3-10-24(19)18-6-5-16(21)13-17(18)22-20/h3-6,10,13,15H,2,7-9,11-12,14H2,1H3. The molecule has 132 valence electrons. The van der Waals surface area contributed by atoms with Gasteiger partial charge in [-0.05, 0) is 69.1 Å². The van der Waals surface area contributed by atoms with E-state index in [9.17, 15) is 4.39 Å². The molecule has 0 atom stereocenters. The van der Waals surface area contributed by atoms with Crippen molar-refractivity contribution in [1.29, 1.82) is 0 Å². The lowest BCUT2D eigenvalue weighted by Gasteiger charge is -2.31. The largest absolute Gasteiger partial charge is 0.476 e. The van der Waals surface area contributed by atoms with Crippen molar-refractivity contribution in [2.45, 2.75) is 26.2 Å². The van der Waals surface area contributed by atoms with Gasteiger partial charge < -0.3 is 14.0 Å². The molecule has 0 bridgehead atoms. The number of ether oxygens (including phenoxy) is 1. The van der Waals surface area contributed by atoms with Gasteiger partial charge in [0.15, 0.2) is 0 Å². The van der Waals surface area contributed by atoms with Crippen molar-refractivity contribution in [2.24, 2.45) is 5.92 Å². The van der Waals surface area contributed by atoms with Crippen LogP contribution in [0.25, 0.3) is 16.6 Å². The summed E-state index contributed by atoms with van der Waals surface area (Å²) in [5.41, 5.74) is 2.45. The molecule has 1 saturated heterocycles. The van der Waals surface area contributed by atoms with E-state index in [1.807, 2.05) is 22.7 Å². The number of nitrogens with zero attached hydrogens (tertiary/aromatic N) is 3. The van der Waals surface area contributed by atoms with Crippen molar-refractivity contribution >= 4 is 16.6 Å². The average molecular weight is 341 g/mol. The average Bonchev–Trinajstić information content (AvgIpc) is 3.11. The van der Waals surface area contributed by atoms with Crippen molar-refractivity contribution in [3.8, 4) is 5.88 Å². The number of likely N-dealkylation sites (tertiary alicyclic amines) is 1. The minimum Gasteiger partial charge on any atom is -0.476 e. The Morgan fingerprint density at radius 2 is 2.04 bits per heavy atom. The maximum Gasteiger partial charge on any atom is 0.238 e. The molecule has 0 aliphatic carbocycles. The van der Waals surface area contributed by atoms with Gasteiger partial charge in [-0.3, -0.25) is 0 Å². The fraction of sp³-hybridized carbons (Fsp3) is 0.450. The first-order valence-corrected chi connectivity index (χ1v) is 9.16. The molecule has 1 fully saturated rings. The third-order valence-corrected chi connectivity index (χ3v) is 5.09. The molecule has 5 heteroatoms. The van der Waals surface area contributed by atoms with E-state index in [1.165, 1.54) is 37.9 Å². The fourth-order valence-corrected chi connectivity index (χ4v) is 3.72. The molecule has 0 spiro atoms. The maximum atomic E-state index is 13.6. The van der Waals surface area contributed by atoms with Gasteiger partial charge in [-0.25, -0.2) is 9.37 Å². The van der Waals surface area contributed by atoms with Crippen LogP contribution in [-0.4, -0.2) is 40.5 Å². The number of halogens is 1. The fourth-order valence-electron chi connectivity index (χ4n) is 3.72. The Morgan fingerprint density at radius 1 is 1.20 bits per heavy atom. The van der Waals surface area contributed by atoms with Crippen LogP contribution in [0.5, 0.6) is 5.88 Å². The zero-order valence-corrected chi connectivity index (χ0v) is 14.6. The van der Waals surface area contributed by atoms with Crippen molar-refractivity contribution in [3.05, 3.63) is 42.3 Å². The second-order valence-electron chi connectivity index (χ2n) is 6.91. The van der Waals surface area contributed by atoms with Gasteiger partial charge in [-0.1, -0.05) is 6.92 Å². The molecule has 2 aromatic heterocycles. The number of benzene rings is 1. The summed E-state index contributed by atoms with van der Waals surface area (Å²) in [6, 6.07) is 8.65. The van der Waals surface area contributed by atoms with Crippen LogP contribution in [0.15, 0.2) is 36.5 Å². The minimum absolute atomic E-state index is 0.277. The van der Waals surface area contributed by atoms with E-state index in [2.05, 4.69) is 16.8 Å². The third-order valence-electron chi connectivity index (χ3n) is 5.09. The summed E-state index contributed by atoms with van der Waals surface area (Å²) in [6.45, 7) is 6.40. The predicted octanol–water partition coefficient (Wildman–Crippen LogP) is 4.13. The molecule has 0 N–H and O–H groups in total. The van der Waals surface area contributed by atoms with Gasteiger partial charge in [-0.2, -0.15) is 0 Å². The first-order chi connectivity index (χ1) is 12.2. The monoisotopic (exact) mass is 341 g/mol. The van der Waals surface area contributed by atoms with E-state index in [0.29, 0.717) is 23.9 Å². The van der Waals surface area contributed by atoms with Gasteiger partial charge in [-0.15, -0.1) is 0 Å². The van der Waals surface area contributed by atoms with Crippen LogP contribution in [0.4, 0.5) is 4.39 Å². The molecule has 1 aliphatic rings. The highest BCUT2D eigenvalue weighted by Crippen LogP contribution is 2.26. The van der Waals surface area contributed by atoms with Crippen LogP contribution in [0, 0.1) is 11.7 Å². The maximum absolute atomic E-state index is 13.6. The zero-order valence-electron chi connectivity index (χ0n) is 14.6. The summed E-state index contributed by atoms with van der Waals surface area (Å²) in [5.74, 6) is 0.882. The van der Waals surface area contributed by atoms with Gasteiger partial charge in [0, 0.05) is 12.3 Å². The minimum atomic E-state index is -0.277. The lowest BCUT2D eigenvalue weighted by molar-refractivity contribution is 0.140. The first kappa shape index (κ1) is 16.3. The summed E-state index contributed by atoms with van der Waals surface area (Å²) in [6.07, 6.45) is 5.51. The predicted molar refractivity (Wildman–Crippen MR) is 97.6 cm³/mol. The van der Waals surface area contributed by atoms with Gasteiger partial charge in [0.1, 0.15) is 11.3 Å². The molecule has 4 rings (SSSR count). The molecule has 25 heavy (non-hydrogen) atoms. The smallest absolute Gasteiger partial charge is 0.238 e. The molecule has 3 aromatic rings. The topological polar surface area (TPSA) is 29.8 Å².